The van der Waals surface area contributed by atoms with Gasteiger partial charge < -0.3 is 10.3 Å². The summed E-state index contributed by atoms with van der Waals surface area (Å²) in [6.07, 6.45) is 3.13. The Labute approximate surface area is 161 Å². The van der Waals surface area contributed by atoms with Gasteiger partial charge >= 0.3 is 0 Å². The summed E-state index contributed by atoms with van der Waals surface area (Å²) < 4.78 is 0. The molecule has 2 aromatic heterocycles. The van der Waals surface area contributed by atoms with Crippen LogP contribution in [0.25, 0.3) is 10.2 Å². The van der Waals surface area contributed by atoms with Crippen molar-refractivity contribution in [3.63, 3.8) is 0 Å². The molecule has 27 heavy (non-hydrogen) atoms. The summed E-state index contributed by atoms with van der Waals surface area (Å²) in [4.78, 5) is 33.9. The van der Waals surface area contributed by atoms with Crippen LogP contribution in [0.1, 0.15) is 46.2 Å². The van der Waals surface area contributed by atoms with Gasteiger partial charge in [-0.2, -0.15) is 0 Å². The molecular weight excluding hydrogens is 358 g/mol. The number of aromatic nitrogens is 2. The third kappa shape index (κ3) is 3.54. The van der Waals surface area contributed by atoms with E-state index in [1.54, 1.807) is 11.3 Å². The largest absolute Gasteiger partial charge is 0.356 e. The number of rotatable bonds is 5. The number of carbonyl (C=O) groups is 1. The number of hydrogen-bond donors (Lipinski definition) is 2. The van der Waals surface area contributed by atoms with E-state index in [0.717, 1.165) is 28.1 Å². The minimum atomic E-state index is -0.0919. The van der Waals surface area contributed by atoms with E-state index >= 15 is 0 Å². The minimum Gasteiger partial charge on any atom is -0.356 e. The summed E-state index contributed by atoms with van der Waals surface area (Å²) in [5, 5.41) is 3.66. The zero-order chi connectivity index (χ0) is 19.0. The number of nitrogens with one attached hydrogen (secondary N) is 2. The van der Waals surface area contributed by atoms with Crippen molar-refractivity contribution in [1.29, 1.82) is 0 Å². The van der Waals surface area contributed by atoms with Gasteiger partial charge in [-0.1, -0.05) is 24.3 Å². The van der Waals surface area contributed by atoms with E-state index in [1.807, 2.05) is 19.9 Å². The van der Waals surface area contributed by atoms with Crippen LogP contribution >= 0.6 is 11.3 Å². The van der Waals surface area contributed by atoms with Gasteiger partial charge in [-0.05, 0) is 49.3 Å². The number of aryl methyl sites for hydroxylation is 3. The van der Waals surface area contributed by atoms with Crippen LogP contribution in [0.4, 0.5) is 0 Å². The van der Waals surface area contributed by atoms with Gasteiger partial charge in [0.15, 0.2) is 0 Å². The van der Waals surface area contributed by atoms with Gasteiger partial charge in [0, 0.05) is 24.3 Å². The van der Waals surface area contributed by atoms with Crippen molar-refractivity contribution in [3.05, 3.63) is 62.0 Å². The molecule has 0 saturated heterocycles. The Bertz CT molecular complexity index is 1070. The standard InChI is InChI=1S/C21H23N3O2S/c1-12-13(2)27-21-19(12)20(26)23-17(24-21)9-10-22-18(25)11-15-8-7-14-5-3-4-6-16(14)15/h3-6,15H,7-11H2,1-2H3,(H,22,25)(H,23,24,26)/t15-/m0/s1. The first-order valence-corrected chi connectivity index (χ1v) is 10.2. The van der Waals surface area contributed by atoms with Crippen LogP contribution in [0.3, 0.4) is 0 Å². The van der Waals surface area contributed by atoms with Crippen molar-refractivity contribution in [2.75, 3.05) is 6.54 Å². The summed E-state index contributed by atoms with van der Waals surface area (Å²) in [5.41, 5.74) is 3.59. The fraction of sp³-hybridized carbons (Fsp3) is 0.381. The first-order chi connectivity index (χ1) is 13.0. The van der Waals surface area contributed by atoms with Crippen molar-refractivity contribution in [2.24, 2.45) is 0 Å². The molecule has 0 unspecified atom stereocenters. The van der Waals surface area contributed by atoms with Gasteiger partial charge in [-0.25, -0.2) is 4.98 Å². The third-order valence-corrected chi connectivity index (χ3v) is 6.56. The smallest absolute Gasteiger partial charge is 0.259 e. The molecule has 1 aromatic carbocycles. The van der Waals surface area contributed by atoms with E-state index in [2.05, 4.69) is 33.5 Å². The maximum atomic E-state index is 12.3. The number of fused-ring (bicyclic) bond motifs is 2. The van der Waals surface area contributed by atoms with E-state index < -0.39 is 0 Å². The maximum Gasteiger partial charge on any atom is 0.259 e. The minimum absolute atomic E-state index is 0.0583. The monoisotopic (exact) mass is 381 g/mol. The van der Waals surface area contributed by atoms with Crippen LogP contribution in [-0.2, 0) is 17.6 Å². The van der Waals surface area contributed by atoms with Crippen LogP contribution in [0.5, 0.6) is 0 Å². The number of aromatic amines is 1. The second-order valence-corrected chi connectivity index (χ2v) is 8.42. The average Bonchev–Trinajstić information content (AvgIpc) is 3.16. The van der Waals surface area contributed by atoms with Gasteiger partial charge in [-0.15, -0.1) is 11.3 Å². The average molecular weight is 382 g/mol. The molecule has 0 radical (unpaired) electrons. The van der Waals surface area contributed by atoms with Crippen LogP contribution in [0.15, 0.2) is 29.1 Å². The Morgan fingerprint density at radius 3 is 3.00 bits per heavy atom. The van der Waals surface area contributed by atoms with Gasteiger partial charge in [0.05, 0.1) is 5.39 Å². The summed E-state index contributed by atoms with van der Waals surface area (Å²) in [6.45, 7) is 4.43. The molecule has 4 rings (SSSR count). The molecule has 0 bridgehead atoms. The second kappa shape index (κ2) is 7.27. The van der Waals surface area contributed by atoms with Gasteiger partial charge in [0.25, 0.3) is 5.56 Å². The van der Waals surface area contributed by atoms with Crippen molar-refractivity contribution in [1.82, 2.24) is 15.3 Å². The molecule has 3 aromatic rings. The Morgan fingerprint density at radius 1 is 1.33 bits per heavy atom. The molecule has 0 spiro atoms. The normalized spacial score (nSPS) is 15.9. The highest BCUT2D eigenvalue weighted by Crippen LogP contribution is 2.35. The fourth-order valence-corrected chi connectivity index (χ4v) is 4.94. The molecule has 5 nitrogen and oxygen atoms in total. The molecular formula is C21H23N3O2S. The number of amides is 1. The third-order valence-electron chi connectivity index (χ3n) is 5.46. The first kappa shape index (κ1) is 17.9. The summed E-state index contributed by atoms with van der Waals surface area (Å²) >= 11 is 1.54. The topological polar surface area (TPSA) is 74.8 Å². The fourth-order valence-electron chi connectivity index (χ4n) is 3.89. The summed E-state index contributed by atoms with van der Waals surface area (Å²) in [5.74, 6) is 0.996. The van der Waals surface area contributed by atoms with Crippen molar-refractivity contribution >= 4 is 27.5 Å². The lowest BCUT2D eigenvalue weighted by Gasteiger charge is -2.11. The van der Waals surface area contributed by atoms with E-state index in [9.17, 15) is 9.59 Å². The van der Waals surface area contributed by atoms with Gasteiger partial charge in [0.1, 0.15) is 10.7 Å². The maximum absolute atomic E-state index is 12.3. The highest BCUT2D eigenvalue weighted by atomic mass is 32.1. The predicted octanol–water partition coefficient (Wildman–Crippen LogP) is 3.38. The van der Waals surface area contributed by atoms with Gasteiger partial charge in [0.2, 0.25) is 5.91 Å². The summed E-state index contributed by atoms with van der Waals surface area (Å²) in [6, 6.07) is 8.39. The molecule has 1 aliphatic rings. The molecule has 1 aliphatic carbocycles. The molecule has 2 heterocycles. The van der Waals surface area contributed by atoms with E-state index in [-0.39, 0.29) is 11.5 Å². The molecule has 0 saturated carbocycles. The zero-order valence-corrected chi connectivity index (χ0v) is 16.4. The lowest BCUT2D eigenvalue weighted by molar-refractivity contribution is -0.121. The predicted molar refractivity (Wildman–Crippen MR) is 109 cm³/mol. The zero-order valence-electron chi connectivity index (χ0n) is 15.6. The highest BCUT2D eigenvalue weighted by Gasteiger charge is 2.24. The highest BCUT2D eigenvalue weighted by molar-refractivity contribution is 7.18. The van der Waals surface area contributed by atoms with E-state index in [1.165, 1.54) is 11.1 Å². The van der Waals surface area contributed by atoms with Crippen LogP contribution < -0.4 is 10.9 Å². The Kier molecular flexibility index (Phi) is 4.83. The summed E-state index contributed by atoms with van der Waals surface area (Å²) in [7, 11) is 0. The van der Waals surface area contributed by atoms with Crippen molar-refractivity contribution < 1.29 is 4.79 Å². The Morgan fingerprint density at radius 2 is 2.15 bits per heavy atom. The van der Waals surface area contributed by atoms with Crippen LogP contribution in [0, 0.1) is 13.8 Å². The van der Waals surface area contributed by atoms with Crippen molar-refractivity contribution in [3.8, 4) is 0 Å². The van der Waals surface area contributed by atoms with Crippen molar-refractivity contribution in [2.45, 2.75) is 45.4 Å². The Balaban J connectivity index is 1.35. The molecule has 1 amide bonds. The first-order valence-electron chi connectivity index (χ1n) is 9.36. The number of carbonyl (C=O) groups excluding carboxylic acids is 1. The van der Waals surface area contributed by atoms with E-state index in [0.29, 0.717) is 36.5 Å². The second-order valence-electron chi connectivity index (χ2n) is 7.21. The van der Waals surface area contributed by atoms with Crippen LogP contribution in [0.2, 0.25) is 0 Å². The molecule has 2 N–H and O–H groups in total. The van der Waals surface area contributed by atoms with Crippen LogP contribution in [-0.4, -0.2) is 22.4 Å². The molecule has 0 fully saturated rings. The lowest BCUT2D eigenvalue weighted by Crippen LogP contribution is -2.27. The van der Waals surface area contributed by atoms with E-state index in [4.69, 9.17) is 0 Å². The molecule has 0 aliphatic heterocycles. The quantitative estimate of drug-likeness (QED) is 0.711. The number of thiophene rings is 1. The van der Waals surface area contributed by atoms with Gasteiger partial charge in [-0.3, -0.25) is 9.59 Å². The molecule has 140 valence electrons. The lowest BCUT2D eigenvalue weighted by atomic mass is 9.97. The SMILES string of the molecule is Cc1sc2nc(CCNC(=O)C[C@@H]3CCc4ccccc43)[nH]c(=O)c2c1C. The number of H-pyrrole nitrogens is 1. The molecule has 1 atom stereocenters. The molecule has 6 heteroatoms. The Hall–Kier alpha value is -2.47. The number of benzene rings is 1. The number of hydrogen-bond acceptors (Lipinski definition) is 4. The number of nitrogens with zero attached hydrogens (tertiary/aromatic N) is 1.